The molecule has 0 saturated carbocycles. The van der Waals surface area contributed by atoms with Crippen LogP contribution >= 0.6 is 0 Å². The van der Waals surface area contributed by atoms with Crippen molar-refractivity contribution >= 4 is 10.0 Å². The minimum absolute atomic E-state index is 0.121. The maximum Gasteiger partial charge on any atom is 0.246 e. The van der Waals surface area contributed by atoms with Crippen LogP contribution in [0.15, 0.2) is 35.4 Å². The van der Waals surface area contributed by atoms with E-state index in [1.807, 2.05) is 0 Å². The molecule has 8 heteroatoms. The lowest BCUT2D eigenvalue weighted by molar-refractivity contribution is 0.285. The highest BCUT2D eigenvalue weighted by Crippen LogP contribution is 2.16. The average molecular weight is 313 g/mol. The highest BCUT2D eigenvalue weighted by atomic mass is 32.2. The number of rotatable bonds is 6. The van der Waals surface area contributed by atoms with Crippen LogP contribution in [-0.4, -0.2) is 43.1 Å². The maximum atomic E-state index is 13.0. The number of nitrogens with zero attached hydrogens (tertiary/aromatic N) is 2. The second-order valence-corrected chi connectivity index (χ2v) is 6.50. The molecule has 0 fully saturated rings. The van der Waals surface area contributed by atoms with Crippen molar-refractivity contribution in [1.29, 1.82) is 0 Å². The van der Waals surface area contributed by atoms with Crippen LogP contribution in [0.25, 0.3) is 0 Å². The number of sulfonamides is 1. The molecule has 1 aromatic carbocycles. The molecule has 0 saturated heterocycles. The third-order valence-electron chi connectivity index (χ3n) is 2.94. The molecule has 0 unspecified atom stereocenters. The van der Waals surface area contributed by atoms with Crippen LogP contribution in [0.1, 0.15) is 5.69 Å². The van der Waals surface area contributed by atoms with Crippen molar-refractivity contribution in [2.75, 3.05) is 20.2 Å². The van der Waals surface area contributed by atoms with Gasteiger partial charge in [-0.25, -0.2) is 12.8 Å². The van der Waals surface area contributed by atoms with Crippen molar-refractivity contribution in [3.8, 4) is 5.75 Å². The van der Waals surface area contributed by atoms with Crippen LogP contribution in [0.4, 0.5) is 4.39 Å². The van der Waals surface area contributed by atoms with Crippen molar-refractivity contribution in [3.63, 3.8) is 0 Å². The number of aryl methyl sites for hydroxylation is 1. The minimum atomic E-state index is -3.60. The van der Waals surface area contributed by atoms with E-state index in [-0.39, 0.29) is 18.0 Å². The molecule has 0 aliphatic heterocycles. The van der Waals surface area contributed by atoms with Crippen molar-refractivity contribution in [1.82, 2.24) is 14.5 Å². The Morgan fingerprint density at radius 1 is 1.43 bits per heavy atom. The number of H-pyrrole nitrogens is 1. The number of benzene rings is 1. The van der Waals surface area contributed by atoms with Gasteiger partial charge in [-0.3, -0.25) is 5.10 Å². The highest BCUT2D eigenvalue weighted by molar-refractivity contribution is 7.89. The Bertz CT molecular complexity index is 715. The third kappa shape index (κ3) is 3.59. The third-order valence-corrected chi connectivity index (χ3v) is 4.91. The van der Waals surface area contributed by atoms with E-state index in [1.54, 1.807) is 13.0 Å². The average Bonchev–Trinajstić information content (AvgIpc) is 2.85. The van der Waals surface area contributed by atoms with Crippen LogP contribution in [0, 0.1) is 12.7 Å². The van der Waals surface area contributed by atoms with Gasteiger partial charge in [-0.15, -0.1) is 0 Å². The predicted molar refractivity (Wildman–Crippen MR) is 75.0 cm³/mol. The molecule has 0 atom stereocenters. The molecule has 0 bridgehead atoms. The maximum absolute atomic E-state index is 13.0. The lowest BCUT2D eigenvalue weighted by atomic mass is 10.3. The number of nitrogens with one attached hydrogen (secondary N) is 1. The number of aromatic nitrogens is 2. The van der Waals surface area contributed by atoms with Crippen molar-refractivity contribution in [2.24, 2.45) is 0 Å². The Hall–Kier alpha value is -1.93. The van der Waals surface area contributed by atoms with Gasteiger partial charge in [0.25, 0.3) is 0 Å². The molecule has 0 aliphatic rings. The molecule has 6 nitrogen and oxygen atoms in total. The van der Waals surface area contributed by atoms with E-state index < -0.39 is 15.8 Å². The minimum Gasteiger partial charge on any atom is -0.492 e. The van der Waals surface area contributed by atoms with Gasteiger partial charge in [-0.05, 0) is 19.1 Å². The standard InChI is InChI=1S/C13H16FN3O3S/c1-10-13(9-15-16-10)21(18,19)17(2)6-7-20-12-5-3-4-11(14)8-12/h3-5,8-9H,6-7H2,1-2H3,(H,15,16). The van der Waals surface area contributed by atoms with E-state index in [0.717, 1.165) is 0 Å². The summed E-state index contributed by atoms with van der Waals surface area (Å²) in [5.41, 5.74) is 0.480. The van der Waals surface area contributed by atoms with Gasteiger partial charge in [0.1, 0.15) is 23.1 Å². The summed E-state index contributed by atoms with van der Waals surface area (Å²) in [6, 6.07) is 5.69. The van der Waals surface area contributed by atoms with Crippen molar-refractivity contribution in [3.05, 3.63) is 42.0 Å². The first-order chi connectivity index (χ1) is 9.91. The summed E-state index contributed by atoms with van der Waals surface area (Å²) in [4.78, 5) is 0.135. The Morgan fingerprint density at radius 3 is 2.81 bits per heavy atom. The van der Waals surface area contributed by atoms with Gasteiger partial charge < -0.3 is 4.74 Å². The summed E-state index contributed by atoms with van der Waals surface area (Å²) in [6.45, 7) is 1.90. The number of hydrogen-bond acceptors (Lipinski definition) is 4. The van der Waals surface area contributed by atoms with Crippen molar-refractivity contribution in [2.45, 2.75) is 11.8 Å². The van der Waals surface area contributed by atoms with E-state index >= 15 is 0 Å². The molecule has 1 N–H and O–H groups in total. The number of ether oxygens (including phenoxy) is 1. The Balaban J connectivity index is 1.96. The van der Waals surface area contributed by atoms with E-state index in [1.165, 1.54) is 35.7 Å². The monoisotopic (exact) mass is 313 g/mol. The van der Waals surface area contributed by atoms with Crippen LogP contribution in [0.5, 0.6) is 5.75 Å². The van der Waals surface area contributed by atoms with Gasteiger partial charge in [0.2, 0.25) is 10.0 Å². The summed E-state index contributed by atoms with van der Waals surface area (Å²) < 4.78 is 44.0. The molecule has 0 aliphatic carbocycles. The van der Waals surface area contributed by atoms with Crippen molar-refractivity contribution < 1.29 is 17.5 Å². The Morgan fingerprint density at radius 2 is 2.19 bits per heavy atom. The summed E-state index contributed by atoms with van der Waals surface area (Å²) >= 11 is 0. The van der Waals surface area contributed by atoms with Crippen LogP contribution < -0.4 is 4.74 Å². The highest BCUT2D eigenvalue weighted by Gasteiger charge is 2.23. The van der Waals surface area contributed by atoms with Crippen LogP contribution in [0.2, 0.25) is 0 Å². The molecule has 1 aromatic heterocycles. The van der Waals surface area contributed by atoms with Gasteiger partial charge in [0.05, 0.1) is 11.9 Å². The van der Waals surface area contributed by atoms with Crippen LogP contribution in [-0.2, 0) is 10.0 Å². The van der Waals surface area contributed by atoms with E-state index in [2.05, 4.69) is 10.2 Å². The second-order valence-electron chi connectivity index (χ2n) is 4.49. The molecule has 2 rings (SSSR count). The quantitative estimate of drug-likeness (QED) is 0.878. The Kier molecular flexibility index (Phi) is 4.59. The fourth-order valence-corrected chi connectivity index (χ4v) is 3.01. The predicted octanol–water partition coefficient (Wildman–Crippen LogP) is 1.56. The first kappa shape index (κ1) is 15.5. The summed E-state index contributed by atoms with van der Waals surface area (Å²) in [7, 11) is -2.15. The van der Waals surface area contributed by atoms with E-state index in [0.29, 0.717) is 11.4 Å². The number of aromatic amines is 1. The topological polar surface area (TPSA) is 75.3 Å². The van der Waals surface area contributed by atoms with E-state index in [9.17, 15) is 12.8 Å². The lowest BCUT2D eigenvalue weighted by Gasteiger charge is -2.17. The summed E-state index contributed by atoms with van der Waals surface area (Å²) in [5, 5.41) is 6.29. The molecular formula is C13H16FN3O3S. The molecule has 0 spiro atoms. The molecule has 2 aromatic rings. The largest absolute Gasteiger partial charge is 0.492 e. The van der Waals surface area contributed by atoms with Gasteiger partial charge >= 0.3 is 0 Å². The van der Waals surface area contributed by atoms with Gasteiger partial charge in [0, 0.05) is 19.7 Å². The Labute approximate surface area is 122 Å². The summed E-state index contributed by atoms with van der Waals surface area (Å²) in [6.07, 6.45) is 1.27. The zero-order chi connectivity index (χ0) is 15.5. The first-order valence-electron chi connectivity index (χ1n) is 6.26. The fraction of sp³-hybridized carbons (Fsp3) is 0.308. The van der Waals surface area contributed by atoms with Gasteiger partial charge in [-0.2, -0.15) is 9.40 Å². The molecule has 1 heterocycles. The smallest absolute Gasteiger partial charge is 0.246 e. The lowest BCUT2D eigenvalue weighted by Crippen LogP contribution is -2.31. The number of hydrogen-bond donors (Lipinski definition) is 1. The molecule has 0 amide bonds. The van der Waals surface area contributed by atoms with Gasteiger partial charge in [0.15, 0.2) is 0 Å². The SMILES string of the molecule is Cc1[nH]ncc1S(=O)(=O)N(C)CCOc1cccc(F)c1. The number of halogens is 1. The van der Waals surface area contributed by atoms with Crippen LogP contribution in [0.3, 0.4) is 0 Å². The molecular weight excluding hydrogens is 297 g/mol. The second kappa shape index (κ2) is 6.23. The normalized spacial score (nSPS) is 11.8. The molecule has 0 radical (unpaired) electrons. The fourth-order valence-electron chi connectivity index (χ4n) is 1.74. The molecule has 114 valence electrons. The zero-order valence-electron chi connectivity index (χ0n) is 11.7. The number of likely N-dealkylation sites (N-methyl/N-ethyl adjacent to an activating group) is 1. The van der Waals surface area contributed by atoms with E-state index in [4.69, 9.17) is 4.74 Å². The zero-order valence-corrected chi connectivity index (χ0v) is 12.5. The summed E-state index contributed by atoms with van der Waals surface area (Å²) in [5.74, 6) is -0.0391. The first-order valence-corrected chi connectivity index (χ1v) is 7.70. The molecule has 21 heavy (non-hydrogen) atoms. The van der Waals surface area contributed by atoms with Gasteiger partial charge in [-0.1, -0.05) is 6.07 Å².